The van der Waals surface area contributed by atoms with Gasteiger partial charge in [0.2, 0.25) is 10.0 Å². The van der Waals surface area contributed by atoms with Gasteiger partial charge in [0.25, 0.3) is 0 Å². The minimum absolute atomic E-state index is 0.416. The molecule has 1 saturated carbocycles. The van der Waals surface area contributed by atoms with Crippen molar-refractivity contribution in [2.45, 2.75) is 30.3 Å². The van der Waals surface area contributed by atoms with Crippen LogP contribution in [0.5, 0.6) is 0 Å². The Labute approximate surface area is 125 Å². The highest BCUT2D eigenvalue weighted by Gasteiger charge is 2.26. The Balaban J connectivity index is 1.68. The Morgan fingerprint density at radius 3 is 2.40 bits per heavy atom. The van der Waals surface area contributed by atoms with Crippen molar-refractivity contribution in [1.82, 2.24) is 9.62 Å². The van der Waals surface area contributed by atoms with E-state index in [1.807, 2.05) is 23.9 Å². The summed E-state index contributed by atoms with van der Waals surface area (Å²) < 4.78 is 26.5. The molecule has 0 aromatic heterocycles. The minimum Gasteiger partial charge on any atom is -0.310 e. The Bertz CT molecular complexity index is 547. The molecule has 2 aliphatic rings. The van der Waals surface area contributed by atoms with Gasteiger partial charge in [-0.25, -0.2) is 8.42 Å². The molecule has 0 spiro atoms. The average Bonchev–Trinajstić information content (AvgIpc) is 3.31. The maximum Gasteiger partial charge on any atom is 0.243 e. The van der Waals surface area contributed by atoms with Crippen LogP contribution < -0.4 is 5.32 Å². The van der Waals surface area contributed by atoms with E-state index < -0.39 is 10.0 Å². The third-order valence-electron chi connectivity index (χ3n) is 3.70. The molecular formula is C14H20N2O2S2. The average molecular weight is 312 g/mol. The fourth-order valence-corrected chi connectivity index (χ4v) is 4.84. The number of hydrogen-bond acceptors (Lipinski definition) is 4. The van der Waals surface area contributed by atoms with Crippen molar-refractivity contribution in [3.63, 3.8) is 0 Å². The van der Waals surface area contributed by atoms with E-state index in [9.17, 15) is 8.42 Å². The standard InChI is InChI=1S/C14H20N2O2S2/c17-20(18,16-7-9-19-10-8-16)14-5-1-12(2-6-14)11-15-13-3-4-13/h1-2,5-6,13,15H,3-4,7-11H2. The molecule has 0 bridgehead atoms. The highest BCUT2D eigenvalue weighted by molar-refractivity contribution is 7.99. The molecule has 0 amide bonds. The van der Waals surface area contributed by atoms with Crippen molar-refractivity contribution in [1.29, 1.82) is 0 Å². The third-order valence-corrected chi connectivity index (χ3v) is 6.56. The summed E-state index contributed by atoms with van der Waals surface area (Å²) in [6.07, 6.45) is 2.53. The highest BCUT2D eigenvalue weighted by atomic mass is 32.2. The number of nitrogens with one attached hydrogen (secondary N) is 1. The molecule has 0 atom stereocenters. The summed E-state index contributed by atoms with van der Waals surface area (Å²) in [4.78, 5) is 0.416. The van der Waals surface area contributed by atoms with Crippen molar-refractivity contribution in [2.24, 2.45) is 0 Å². The van der Waals surface area contributed by atoms with E-state index in [1.54, 1.807) is 16.4 Å². The van der Waals surface area contributed by atoms with Crippen LogP contribution in [-0.4, -0.2) is 43.4 Å². The fraction of sp³-hybridized carbons (Fsp3) is 0.571. The largest absolute Gasteiger partial charge is 0.310 e. The van der Waals surface area contributed by atoms with E-state index >= 15 is 0 Å². The first-order chi connectivity index (χ1) is 9.66. The quantitative estimate of drug-likeness (QED) is 0.899. The molecule has 1 heterocycles. The van der Waals surface area contributed by atoms with E-state index in [4.69, 9.17) is 0 Å². The lowest BCUT2D eigenvalue weighted by molar-refractivity contribution is 0.443. The van der Waals surface area contributed by atoms with Gasteiger partial charge in [0.05, 0.1) is 4.90 Å². The number of sulfonamides is 1. The molecule has 1 aromatic rings. The van der Waals surface area contributed by atoms with Crippen molar-refractivity contribution in [2.75, 3.05) is 24.6 Å². The number of rotatable bonds is 5. The van der Waals surface area contributed by atoms with Crippen molar-refractivity contribution in [3.05, 3.63) is 29.8 Å². The molecule has 1 saturated heterocycles. The Morgan fingerprint density at radius 2 is 1.80 bits per heavy atom. The summed E-state index contributed by atoms with van der Waals surface area (Å²) >= 11 is 1.81. The van der Waals surface area contributed by atoms with Crippen LogP contribution in [0.3, 0.4) is 0 Å². The van der Waals surface area contributed by atoms with Gasteiger partial charge in [0, 0.05) is 37.2 Å². The smallest absolute Gasteiger partial charge is 0.243 e. The Kier molecular flexibility index (Phi) is 4.35. The summed E-state index contributed by atoms with van der Waals surface area (Å²) in [5, 5.41) is 3.43. The lowest BCUT2D eigenvalue weighted by Gasteiger charge is -2.25. The van der Waals surface area contributed by atoms with Gasteiger partial charge in [0.1, 0.15) is 0 Å². The van der Waals surface area contributed by atoms with Gasteiger partial charge >= 0.3 is 0 Å². The van der Waals surface area contributed by atoms with Crippen molar-refractivity contribution >= 4 is 21.8 Å². The number of thioether (sulfide) groups is 1. The molecule has 110 valence electrons. The lowest BCUT2D eigenvalue weighted by Crippen LogP contribution is -2.37. The first-order valence-corrected chi connectivity index (χ1v) is 9.66. The molecule has 1 aliphatic heterocycles. The molecule has 1 aliphatic carbocycles. The van der Waals surface area contributed by atoms with Gasteiger partial charge in [-0.1, -0.05) is 12.1 Å². The predicted octanol–water partition coefficient (Wildman–Crippen LogP) is 1.68. The van der Waals surface area contributed by atoms with Crippen molar-refractivity contribution in [3.8, 4) is 0 Å². The van der Waals surface area contributed by atoms with Crippen LogP contribution in [0.2, 0.25) is 0 Å². The second kappa shape index (κ2) is 6.05. The van der Waals surface area contributed by atoms with Crippen LogP contribution in [-0.2, 0) is 16.6 Å². The van der Waals surface area contributed by atoms with E-state index in [1.165, 1.54) is 12.8 Å². The van der Waals surface area contributed by atoms with Gasteiger partial charge in [0.15, 0.2) is 0 Å². The van der Waals surface area contributed by atoms with E-state index in [0.717, 1.165) is 23.6 Å². The first kappa shape index (κ1) is 14.4. The predicted molar refractivity (Wildman–Crippen MR) is 82.4 cm³/mol. The molecule has 0 unspecified atom stereocenters. The molecule has 6 heteroatoms. The van der Waals surface area contributed by atoms with Crippen LogP contribution in [0, 0.1) is 0 Å². The Hall–Kier alpha value is -0.560. The second-order valence-corrected chi connectivity index (χ2v) is 8.48. The molecule has 1 N–H and O–H groups in total. The van der Waals surface area contributed by atoms with Gasteiger partial charge in [-0.05, 0) is 30.5 Å². The summed E-state index contributed by atoms with van der Waals surface area (Å²) in [6, 6.07) is 7.98. The third kappa shape index (κ3) is 3.36. The number of hydrogen-bond donors (Lipinski definition) is 1. The number of nitrogens with zero attached hydrogens (tertiary/aromatic N) is 1. The van der Waals surface area contributed by atoms with Crippen LogP contribution in [0.15, 0.2) is 29.2 Å². The molecule has 2 fully saturated rings. The fourth-order valence-electron chi connectivity index (χ4n) is 2.26. The monoisotopic (exact) mass is 312 g/mol. The number of benzene rings is 1. The molecule has 1 aromatic carbocycles. The normalized spacial score (nSPS) is 21.0. The second-order valence-electron chi connectivity index (χ2n) is 5.32. The molecule has 3 rings (SSSR count). The van der Waals surface area contributed by atoms with Gasteiger partial charge in [-0.2, -0.15) is 16.1 Å². The van der Waals surface area contributed by atoms with E-state index in [2.05, 4.69) is 5.32 Å². The van der Waals surface area contributed by atoms with Gasteiger partial charge in [-0.3, -0.25) is 0 Å². The zero-order valence-electron chi connectivity index (χ0n) is 11.4. The summed E-state index contributed by atoms with van der Waals surface area (Å²) in [5.41, 5.74) is 1.14. The summed E-state index contributed by atoms with van der Waals surface area (Å²) in [7, 11) is -3.30. The highest BCUT2D eigenvalue weighted by Crippen LogP contribution is 2.22. The lowest BCUT2D eigenvalue weighted by atomic mass is 10.2. The first-order valence-electron chi connectivity index (χ1n) is 7.06. The van der Waals surface area contributed by atoms with E-state index in [-0.39, 0.29) is 0 Å². The zero-order valence-corrected chi connectivity index (χ0v) is 13.0. The minimum atomic E-state index is -3.30. The van der Waals surface area contributed by atoms with Crippen LogP contribution in [0.25, 0.3) is 0 Å². The van der Waals surface area contributed by atoms with Crippen LogP contribution in [0.4, 0.5) is 0 Å². The molecule has 4 nitrogen and oxygen atoms in total. The van der Waals surface area contributed by atoms with Crippen LogP contribution in [0.1, 0.15) is 18.4 Å². The maximum atomic E-state index is 12.5. The van der Waals surface area contributed by atoms with Crippen molar-refractivity contribution < 1.29 is 8.42 Å². The van der Waals surface area contributed by atoms with Gasteiger partial charge < -0.3 is 5.32 Å². The maximum absolute atomic E-state index is 12.5. The SMILES string of the molecule is O=S(=O)(c1ccc(CNC2CC2)cc1)N1CCSCC1. The zero-order chi connectivity index (χ0) is 14.0. The van der Waals surface area contributed by atoms with E-state index in [0.29, 0.717) is 24.0 Å². The van der Waals surface area contributed by atoms with Crippen LogP contribution >= 0.6 is 11.8 Å². The molecule has 20 heavy (non-hydrogen) atoms. The molecule has 0 radical (unpaired) electrons. The molecular weight excluding hydrogens is 292 g/mol. The Morgan fingerprint density at radius 1 is 1.15 bits per heavy atom. The summed E-state index contributed by atoms with van der Waals surface area (Å²) in [5.74, 6) is 1.78. The van der Waals surface area contributed by atoms with Gasteiger partial charge in [-0.15, -0.1) is 0 Å². The topological polar surface area (TPSA) is 49.4 Å². The summed E-state index contributed by atoms with van der Waals surface area (Å²) in [6.45, 7) is 2.07.